The summed E-state index contributed by atoms with van der Waals surface area (Å²) >= 11 is 7.48. The molecule has 0 aliphatic carbocycles. The van der Waals surface area contributed by atoms with E-state index in [2.05, 4.69) is 17.6 Å². The molecule has 0 spiro atoms. The number of hydrogen-bond donors (Lipinski definition) is 3. The number of nitrogens with one attached hydrogen (secondary N) is 2. The summed E-state index contributed by atoms with van der Waals surface area (Å²) in [6, 6.07) is 8.28. The van der Waals surface area contributed by atoms with Crippen LogP contribution in [0.5, 0.6) is 0 Å². The fourth-order valence-corrected chi connectivity index (χ4v) is 3.11. The molecule has 0 radical (unpaired) electrons. The van der Waals surface area contributed by atoms with E-state index in [9.17, 15) is 9.59 Å². The average molecular weight is 380 g/mol. The second kappa shape index (κ2) is 9.56. The van der Waals surface area contributed by atoms with Crippen molar-refractivity contribution in [1.82, 2.24) is 5.32 Å². The number of hydrogen-bond acceptors (Lipinski definition) is 4. The third kappa shape index (κ3) is 5.56. The SMILES string of the molecule is CCCCC(CN)NC(=O)c1ccc(Cl)c(NC(=O)c2cccs2)c1. The number of carbonyl (C=O) groups is 2. The standard InChI is InChI=1S/C18H22ClN3O2S/c1-2-3-5-13(11-20)21-17(23)12-7-8-14(19)15(10-12)22-18(24)16-6-4-9-25-16/h4,6-10,13H,2-3,5,11,20H2,1H3,(H,21,23)(H,22,24). The van der Waals surface area contributed by atoms with Gasteiger partial charge in [-0.2, -0.15) is 0 Å². The predicted octanol–water partition coefficient (Wildman–Crippen LogP) is 3.90. The van der Waals surface area contributed by atoms with E-state index in [1.165, 1.54) is 11.3 Å². The van der Waals surface area contributed by atoms with Crippen LogP contribution in [0.25, 0.3) is 0 Å². The minimum Gasteiger partial charge on any atom is -0.348 e. The van der Waals surface area contributed by atoms with E-state index >= 15 is 0 Å². The van der Waals surface area contributed by atoms with E-state index in [1.54, 1.807) is 30.3 Å². The van der Waals surface area contributed by atoms with Crippen LogP contribution in [-0.2, 0) is 0 Å². The topological polar surface area (TPSA) is 84.2 Å². The molecule has 4 N–H and O–H groups in total. The summed E-state index contributed by atoms with van der Waals surface area (Å²) in [6.07, 6.45) is 2.89. The van der Waals surface area contributed by atoms with E-state index in [1.807, 2.05) is 5.38 Å². The van der Waals surface area contributed by atoms with Crippen LogP contribution < -0.4 is 16.4 Å². The summed E-state index contributed by atoms with van der Waals surface area (Å²) in [4.78, 5) is 25.2. The summed E-state index contributed by atoms with van der Waals surface area (Å²) in [5.41, 5.74) is 6.56. The van der Waals surface area contributed by atoms with Crippen molar-refractivity contribution in [2.24, 2.45) is 5.73 Å². The molecule has 134 valence electrons. The number of halogens is 1. The zero-order valence-electron chi connectivity index (χ0n) is 14.0. The molecule has 0 saturated carbocycles. The molecule has 0 aliphatic rings. The maximum absolute atomic E-state index is 12.4. The van der Waals surface area contributed by atoms with Gasteiger partial charge in [0.25, 0.3) is 11.8 Å². The van der Waals surface area contributed by atoms with Gasteiger partial charge in [0.1, 0.15) is 0 Å². The van der Waals surface area contributed by atoms with Gasteiger partial charge >= 0.3 is 0 Å². The van der Waals surface area contributed by atoms with Crippen molar-refractivity contribution in [3.8, 4) is 0 Å². The Hall–Kier alpha value is -1.89. The summed E-state index contributed by atoms with van der Waals surface area (Å²) in [7, 11) is 0. The molecule has 2 rings (SSSR count). The van der Waals surface area contributed by atoms with Crippen molar-refractivity contribution < 1.29 is 9.59 Å². The minimum absolute atomic E-state index is 0.0627. The van der Waals surface area contributed by atoms with Crippen LogP contribution in [0.1, 0.15) is 46.2 Å². The number of unbranched alkanes of at least 4 members (excludes halogenated alkanes) is 1. The molecule has 7 heteroatoms. The van der Waals surface area contributed by atoms with E-state index in [4.69, 9.17) is 17.3 Å². The first-order valence-electron chi connectivity index (χ1n) is 8.20. The Bertz CT molecular complexity index is 719. The second-order valence-electron chi connectivity index (χ2n) is 5.67. The lowest BCUT2D eigenvalue weighted by Gasteiger charge is -2.17. The Morgan fingerprint density at radius 3 is 2.72 bits per heavy atom. The van der Waals surface area contributed by atoms with E-state index in [0.717, 1.165) is 19.3 Å². The van der Waals surface area contributed by atoms with Gasteiger partial charge in [-0.3, -0.25) is 9.59 Å². The number of amides is 2. The van der Waals surface area contributed by atoms with E-state index in [0.29, 0.717) is 27.7 Å². The molecule has 0 bridgehead atoms. The van der Waals surface area contributed by atoms with Gasteiger partial charge in [0.05, 0.1) is 15.6 Å². The van der Waals surface area contributed by atoms with Crippen molar-refractivity contribution in [2.75, 3.05) is 11.9 Å². The van der Waals surface area contributed by atoms with Crippen molar-refractivity contribution in [1.29, 1.82) is 0 Å². The third-order valence-electron chi connectivity index (χ3n) is 3.75. The lowest BCUT2D eigenvalue weighted by Crippen LogP contribution is -2.40. The molecule has 2 aromatic rings. The average Bonchev–Trinajstić information content (AvgIpc) is 3.15. The number of carbonyl (C=O) groups excluding carboxylic acids is 2. The van der Waals surface area contributed by atoms with Gasteiger partial charge in [-0.25, -0.2) is 0 Å². The van der Waals surface area contributed by atoms with Gasteiger partial charge in [-0.05, 0) is 36.1 Å². The van der Waals surface area contributed by atoms with Crippen LogP contribution in [0.4, 0.5) is 5.69 Å². The van der Waals surface area contributed by atoms with Crippen LogP contribution >= 0.6 is 22.9 Å². The van der Waals surface area contributed by atoms with Crippen molar-refractivity contribution in [2.45, 2.75) is 32.2 Å². The Morgan fingerprint density at radius 1 is 1.28 bits per heavy atom. The highest BCUT2D eigenvalue weighted by Gasteiger charge is 2.15. The highest BCUT2D eigenvalue weighted by molar-refractivity contribution is 7.12. The predicted molar refractivity (Wildman–Crippen MR) is 104 cm³/mol. The maximum atomic E-state index is 12.4. The van der Waals surface area contributed by atoms with Crippen molar-refractivity contribution in [3.63, 3.8) is 0 Å². The Morgan fingerprint density at radius 2 is 2.08 bits per heavy atom. The molecule has 1 aromatic heterocycles. The lowest BCUT2D eigenvalue weighted by molar-refractivity contribution is 0.0934. The highest BCUT2D eigenvalue weighted by Crippen LogP contribution is 2.24. The largest absolute Gasteiger partial charge is 0.348 e. The zero-order chi connectivity index (χ0) is 18.2. The Kier molecular flexibility index (Phi) is 7.43. The van der Waals surface area contributed by atoms with Gasteiger partial charge in [0.15, 0.2) is 0 Å². The minimum atomic E-state index is -0.253. The monoisotopic (exact) mass is 379 g/mol. The fourth-order valence-electron chi connectivity index (χ4n) is 2.32. The number of thiophene rings is 1. The van der Waals surface area contributed by atoms with Crippen molar-refractivity contribution >= 4 is 40.4 Å². The van der Waals surface area contributed by atoms with Gasteiger partial charge < -0.3 is 16.4 Å². The molecule has 1 aromatic carbocycles. The van der Waals surface area contributed by atoms with E-state index < -0.39 is 0 Å². The van der Waals surface area contributed by atoms with Crippen molar-refractivity contribution in [3.05, 3.63) is 51.2 Å². The molecule has 0 fully saturated rings. The van der Waals surface area contributed by atoms with Gasteiger partial charge in [-0.15, -0.1) is 11.3 Å². The molecule has 2 amide bonds. The molecule has 5 nitrogen and oxygen atoms in total. The van der Waals surface area contributed by atoms with Gasteiger partial charge in [0, 0.05) is 18.2 Å². The van der Waals surface area contributed by atoms with Crippen LogP contribution in [0.3, 0.4) is 0 Å². The van der Waals surface area contributed by atoms with Gasteiger partial charge in [0.2, 0.25) is 0 Å². The first-order valence-corrected chi connectivity index (χ1v) is 9.46. The lowest BCUT2D eigenvalue weighted by atomic mass is 10.1. The molecule has 1 atom stereocenters. The molecule has 1 unspecified atom stereocenters. The maximum Gasteiger partial charge on any atom is 0.265 e. The van der Waals surface area contributed by atoms with Gasteiger partial charge in [-0.1, -0.05) is 37.4 Å². The summed E-state index contributed by atoms with van der Waals surface area (Å²) < 4.78 is 0. The fraction of sp³-hybridized carbons (Fsp3) is 0.333. The first-order chi connectivity index (χ1) is 12.0. The summed E-state index contributed by atoms with van der Waals surface area (Å²) in [5, 5.41) is 7.87. The number of rotatable bonds is 8. The number of benzene rings is 1. The third-order valence-corrected chi connectivity index (χ3v) is 4.95. The molecule has 25 heavy (non-hydrogen) atoms. The normalized spacial score (nSPS) is 11.8. The smallest absolute Gasteiger partial charge is 0.265 e. The second-order valence-corrected chi connectivity index (χ2v) is 7.03. The Labute approximate surface area is 156 Å². The molecule has 0 aliphatic heterocycles. The van der Waals surface area contributed by atoms with Crippen LogP contribution in [0.15, 0.2) is 35.7 Å². The quantitative estimate of drug-likeness (QED) is 0.650. The Balaban J connectivity index is 2.09. The van der Waals surface area contributed by atoms with Crippen LogP contribution in [-0.4, -0.2) is 24.4 Å². The van der Waals surface area contributed by atoms with Crippen LogP contribution in [0.2, 0.25) is 5.02 Å². The summed E-state index contributed by atoms with van der Waals surface area (Å²) in [6.45, 7) is 2.48. The first kappa shape index (κ1) is 19.4. The van der Waals surface area contributed by atoms with E-state index in [-0.39, 0.29) is 17.9 Å². The molecule has 0 saturated heterocycles. The van der Waals surface area contributed by atoms with Crippen LogP contribution in [0, 0.1) is 0 Å². The highest BCUT2D eigenvalue weighted by atomic mass is 35.5. The molecular formula is C18H22ClN3O2S. The number of nitrogens with two attached hydrogens (primary N) is 1. The summed E-state index contributed by atoms with van der Waals surface area (Å²) in [5.74, 6) is -0.480. The zero-order valence-corrected chi connectivity index (χ0v) is 15.6. The molecule has 1 heterocycles. The number of anilines is 1. The molecular weight excluding hydrogens is 358 g/mol.